The lowest BCUT2D eigenvalue weighted by Crippen LogP contribution is -2.36. The van der Waals surface area contributed by atoms with Gasteiger partial charge in [-0.15, -0.1) is 0 Å². The van der Waals surface area contributed by atoms with Crippen molar-refractivity contribution in [2.24, 2.45) is 5.73 Å². The number of carbonyl (C=O) groups is 2. The average Bonchev–Trinajstić information content (AvgIpc) is 2.22. The quantitative estimate of drug-likeness (QED) is 0.363. The molecule has 0 heterocycles. The predicted octanol–water partition coefficient (Wildman–Crippen LogP) is -0.658. The first kappa shape index (κ1) is 14.9. The highest BCUT2D eigenvalue weighted by atomic mass is 16.5. The van der Waals surface area contributed by atoms with E-state index in [1.54, 1.807) is 0 Å². The molecule has 6 heteroatoms. The fraction of sp³-hybridized carbons (Fsp3) is 0.800. The fourth-order valence-corrected chi connectivity index (χ4v) is 0.978. The first-order valence-corrected chi connectivity index (χ1v) is 5.45. The summed E-state index contributed by atoms with van der Waals surface area (Å²) in [6.45, 7) is 3.41. The Morgan fingerprint density at radius 2 is 1.88 bits per heavy atom. The second-order valence-electron chi connectivity index (χ2n) is 3.37. The Balaban J connectivity index is 3.20. The third-order valence-corrected chi connectivity index (χ3v) is 1.81. The van der Waals surface area contributed by atoms with E-state index in [1.807, 2.05) is 0 Å². The van der Waals surface area contributed by atoms with E-state index in [-0.39, 0.29) is 18.5 Å². The van der Waals surface area contributed by atoms with Crippen molar-refractivity contribution < 1.29 is 14.3 Å². The van der Waals surface area contributed by atoms with Crippen LogP contribution in [0.5, 0.6) is 0 Å². The minimum atomic E-state index is -0.162. The molecule has 2 amide bonds. The van der Waals surface area contributed by atoms with Crippen LogP contribution in [0.25, 0.3) is 0 Å². The van der Waals surface area contributed by atoms with Gasteiger partial charge in [-0.3, -0.25) is 9.59 Å². The number of nitrogens with one attached hydrogen (secondary N) is 2. The van der Waals surface area contributed by atoms with E-state index in [9.17, 15) is 9.59 Å². The molecule has 0 aliphatic heterocycles. The molecule has 0 bridgehead atoms. The Kier molecular flexibility index (Phi) is 9.64. The van der Waals surface area contributed by atoms with Crippen LogP contribution in [-0.2, 0) is 14.3 Å². The molecule has 0 aromatic heterocycles. The molecular formula is C10H21N3O3. The Morgan fingerprint density at radius 1 is 1.19 bits per heavy atom. The van der Waals surface area contributed by atoms with Gasteiger partial charge in [-0.1, -0.05) is 0 Å². The lowest BCUT2D eigenvalue weighted by atomic mass is 10.3. The van der Waals surface area contributed by atoms with Crippen LogP contribution in [0.2, 0.25) is 0 Å². The van der Waals surface area contributed by atoms with Gasteiger partial charge in [-0.2, -0.15) is 0 Å². The summed E-state index contributed by atoms with van der Waals surface area (Å²) in [4.78, 5) is 21.7. The van der Waals surface area contributed by atoms with Gasteiger partial charge >= 0.3 is 0 Å². The highest BCUT2D eigenvalue weighted by Gasteiger charge is 2.00. The van der Waals surface area contributed by atoms with Crippen LogP contribution in [0.3, 0.4) is 0 Å². The fourth-order valence-electron chi connectivity index (χ4n) is 0.978. The van der Waals surface area contributed by atoms with Crippen LogP contribution in [0.1, 0.15) is 26.2 Å². The molecule has 4 N–H and O–H groups in total. The summed E-state index contributed by atoms with van der Waals surface area (Å²) in [5.74, 6) is -0.249. The highest BCUT2D eigenvalue weighted by molar-refractivity contribution is 5.77. The van der Waals surface area contributed by atoms with Crippen LogP contribution < -0.4 is 16.4 Å². The summed E-state index contributed by atoms with van der Waals surface area (Å²) in [5, 5.41) is 5.05. The Labute approximate surface area is 95.9 Å². The lowest BCUT2D eigenvalue weighted by molar-refractivity contribution is -0.122. The van der Waals surface area contributed by atoms with Gasteiger partial charge in [0, 0.05) is 26.6 Å². The van der Waals surface area contributed by atoms with Crippen LogP contribution in [0, 0.1) is 0 Å². The number of hydrogen-bond acceptors (Lipinski definition) is 4. The molecule has 0 aromatic rings. The number of nitrogens with two attached hydrogens (primary N) is 1. The zero-order valence-electron chi connectivity index (χ0n) is 9.75. The van der Waals surface area contributed by atoms with Crippen LogP contribution in [0.4, 0.5) is 0 Å². The minimum absolute atomic E-state index is 0.0869. The summed E-state index contributed by atoms with van der Waals surface area (Å²) in [6.07, 6.45) is 1.92. The standard InChI is InChI=1S/C10H21N3O3/c1-9(14)12-8-13-10(15)4-2-6-16-7-3-5-11/h2-8,11H2,1H3,(H,12,14)(H,13,15). The van der Waals surface area contributed by atoms with E-state index in [0.29, 0.717) is 32.6 Å². The molecule has 0 atom stereocenters. The molecule has 0 fully saturated rings. The van der Waals surface area contributed by atoms with E-state index >= 15 is 0 Å². The van der Waals surface area contributed by atoms with Crippen molar-refractivity contribution in [1.29, 1.82) is 0 Å². The van der Waals surface area contributed by atoms with Crippen molar-refractivity contribution in [3.8, 4) is 0 Å². The first-order chi connectivity index (χ1) is 7.66. The molecule has 0 unspecified atom stereocenters. The Hall–Kier alpha value is -1.14. The van der Waals surface area contributed by atoms with Crippen molar-refractivity contribution in [3.63, 3.8) is 0 Å². The molecule has 0 radical (unpaired) electrons. The zero-order valence-corrected chi connectivity index (χ0v) is 9.75. The summed E-state index contributed by atoms with van der Waals surface area (Å²) in [6, 6.07) is 0. The minimum Gasteiger partial charge on any atom is -0.381 e. The second-order valence-corrected chi connectivity index (χ2v) is 3.37. The van der Waals surface area contributed by atoms with Gasteiger partial charge in [0.25, 0.3) is 0 Å². The van der Waals surface area contributed by atoms with Gasteiger partial charge in [0.15, 0.2) is 0 Å². The zero-order chi connectivity index (χ0) is 12.2. The van der Waals surface area contributed by atoms with Gasteiger partial charge in [0.2, 0.25) is 11.8 Å². The summed E-state index contributed by atoms with van der Waals surface area (Å²) < 4.78 is 5.24. The molecule has 0 rings (SSSR count). The molecule has 6 nitrogen and oxygen atoms in total. The van der Waals surface area contributed by atoms with E-state index < -0.39 is 0 Å². The number of rotatable bonds is 9. The van der Waals surface area contributed by atoms with Gasteiger partial charge in [0.05, 0.1) is 6.67 Å². The molecule has 94 valence electrons. The van der Waals surface area contributed by atoms with E-state index in [1.165, 1.54) is 6.92 Å². The Morgan fingerprint density at radius 3 is 2.50 bits per heavy atom. The van der Waals surface area contributed by atoms with Crippen LogP contribution in [0.15, 0.2) is 0 Å². The summed E-state index contributed by atoms with van der Waals surface area (Å²) in [7, 11) is 0. The van der Waals surface area contributed by atoms with Crippen LogP contribution in [-0.4, -0.2) is 38.2 Å². The van der Waals surface area contributed by atoms with Crippen LogP contribution >= 0.6 is 0 Å². The average molecular weight is 231 g/mol. The molecule has 0 saturated carbocycles. The second kappa shape index (κ2) is 10.4. The van der Waals surface area contributed by atoms with Gasteiger partial charge in [-0.05, 0) is 19.4 Å². The largest absolute Gasteiger partial charge is 0.381 e. The molecule has 0 aromatic carbocycles. The number of ether oxygens (including phenoxy) is 1. The van der Waals surface area contributed by atoms with E-state index in [2.05, 4.69) is 10.6 Å². The van der Waals surface area contributed by atoms with Crippen molar-refractivity contribution in [2.75, 3.05) is 26.4 Å². The van der Waals surface area contributed by atoms with E-state index in [0.717, 1.165) is 6.42 Å². The van der Waals surface area contributed by atoms with Gasteiger partial charge in [-0.25, -0.2) is 0 Å². The van der Waals surface area contributed by atoms with Crippen molar-refractivity contribution in [1.82, 2.24) is 10.6 Å². The summed E-state index contributed by atoms with van der Waals surface area (Å²) in [5.41, 5.74) is 5.29. The molecule has 0 spiro atoms. The highest BCUT2D eigenvalue weighted by Crippen LogP contribution is 1.90. The summed E-state index contributed by atoms with van der Waals surface area (Å²) >= 11 is 0. The SMILES string of the molecule is CC(=O)NCNC(=O)CCCOCCCN. The molecular weight excluding hydrogens is 210 g/mol. The maximum absolute atomic E-state index is 11.2. The first-order valence-electron chi connectivity index (χ1n) is 5.45. The van der Waals surface area contributed by atoms with E-state index in [4.69, 9.17) is 10.5 Å². The maximum atomic E-state index is 11.2. The molecule has 0 saturated heterocycles. The number of amides is 2. The molecule has 0 aliphatic carbocycles. The van der Waals surface area contributed by atoms with Gasteiger partial charge in [0.1, 0.15) is 0 Å². The molecule has 0 aliphatic rings. The van der Waals surface area contributed by atoms with Crippen molar-refractivity contribution >= 4 is 11.8 Å². The Bertz CT molecular complexity index is 209. The lowest BCUT2D eigenvalue weighted by Gasteiger charge is -2.06. The monoisotopic (exact) mass is 231 g/mol. The topological polar surface area (TPSA) is 93.5 Å². The third kappa shape index (κ3) is 10.9. The van der Waals surface area contributed by atoms with Crippen molar-refractivity contribution in [3.05, 3.63) is 0 Å². The smallest absolute Gasteiger partial charge is 0.221 e. The van der Waals surface area contributed by atoms with Crippen molar-refractivity contribution in [2.45, 2.75) is 26.2 Å². The number of hydrogen-bond donors (Lipinski definition) is 3. The normalized spacial score (nSPS) is 9.88. The van der Waals surface area contributed by atoms with Gasteiger partial charge < -0.3 is 21.1 Å². The third-order valence-electron chi connectivity index (χ3n) is 1.81. The number of carbonyl (C=O) groups excluding carboxylic acids is 2. The maximum Gasteiger partial charge on any atom is 0.221 e. The molecule has 16 heavy (non-hydrogen) atoms. The predicted molar refractivity (Wildman–Crippen MR) is 60.6 cm³/mol.